The van der Waals surface area contributed by atoms with Gasteiger partial charge in [0.1, 0.15) is 17.6 Å². The van der Waals surface area contributed by atoms with Crippen LogP contribution in [0.1, 0.15) is 41.3 Å². The number of carbonyl (C=O) groups excluding carboxylic acids is 3. The first-order valence-electron chi connectivity index (χ1n) is 17.1. The van der Waals surface area contributed by atoms with Crippen LogP contribution in [0.4, 0.5) is 5.82 Å². The molecule has 256 valence electrons. The lowest BCUT2D eigenvalue weighted by molar-refractivity contribution is -0.139. The molecule has 11 heteroatoms. The van der Waals surface area contributed by atoms with Crippen LogP contribution in [0.5, 0.6) is 5.75 Å². The molecule has 2 saturated heterocycles. The molecule has 0 spiro atoms. The quantitative estimate of drug-likeness (QED) is 0.238. The van der Waals surface area contributed by atoms with Crippen molar-refractivity contribution >= 4 is 23.4 Å². The SMILES string of the molecule is CCOc1ccc(CCN2CCCN(c3ncccc3C(=O)NC(Cc3ccccc3)C(=O)C(=O)NCCN3CCCOC3)CC2)cc1. The Morgan fingerprint density at radius 1 is 0.875 bits per heavy atom. The van der Waals surface area contributed by atoms with Crippen LogP contribution >= 0.6 is 0 Å². The fraction of sp³-hybridized carbons (Fsp3) is 0.459. The Morgan fingerprint density at radius 2 is 1.69 bits per heavy atom. The molecule has 1 aromatic heterocycles. The van der Waals surface area contributed by atoms with Crippen molar-refractivity contribution in [3.8, 4) is 5.75 Å². The second-order valence-electron chi connectivity index (χ2n) is 12.2. The van der Waals surface area contributed by atoms with Gasteiger partial charge in [0, 0.05) is 65.0 Å². The highest BCUT2D eigenvalue weighted by Gasteiger charge is 2.29. The van der Waals surface area contributed by atoms with E-state index in [-0.39, 0.29) is 6.42 Å². The maximum absolute atomic E-state index is 13.8. The minimum absolute atomic E-state index is 0.196. The van der Waals surface area contributed by atoms with E-state index in [1.807, 2.05) is 49.4 Å². The molecule has 3 aromatic rings. The molecule has 5 rings (SSSR count). The molecule has 0 radical (unpaired) electrons. The van der Waals surface area contributed by atoms with Crippen LogP contribution in [0.2, 0.25) is 0 Å². The summed E-state index contributed by atoms with van der Waals surface area (Å²) in [6, 6.07) is 20.1. The normalized spacial score (nSPS) is 16.5. The molecular weight excluding hydrogens is 608 g/mol. The summed E-state index contributed by atoms with van der Waals surface area (Å²) >= 11 is 0. The summed E-state index contributed by atoms with van der Waals surface area (Å²) in [6.07, 6.45) is 4.70. The minimum atomic E-state index is -1.03. The zero-order valence-electron chi connectivity index (χ0n) is 27.9. The van der Waals surface area contributed by atoms with E-state index >= 15 is 0 Å². The maximum atomic E-state index is 13.8. The van der Waals surface area contributed by atoms with Crippen LogP contribution in [0.25, 0.3) is 0 Å². The minimum Gasteiger partial charge on any atom is -0.494 e. The van der Waals surface area contributed by atoms with Crippen molar-refractivity contribution in [2.45, 2.75) is 38.6 Å². The average molecular weight is 657 g/mol. The number of ketones is 1. The van der Waals surface area contributed by atoms with E-state index in [1.54, 1.807) is 18.3 Å². The molecule has 0 saturated carbocycles. The van der Waals surface area contributed by atoms with Gasteiger partial charge in [0.2, 0.25) is 5.78 Å². The molecule has 3 heterocycles. The number of amides is 2. The molecule has 2 N–H and O–H groups in total. The highest BCUT2D eigenvalue weighted by Crippen LogP contribution is 2.20. The highest BCUT2D eigenvalue weighted by molar-refractivity contribution is 6.38. The third kappa shape index (κ3) is 10.3. The molecule has 0 aliphatic carbocycles. The Kier molecular flexibility index (Phi) is 13.3. The standard InChI is InChI=1S/C37H48N6O5/c1-2-48-31-14-12-29(13-15-31)16-22-41-19-7-21-43(25-24-41)35-32(11-6-17-38-35)36(45)40-33(27-30-9-4-3-5-10-30)34(44)37(46)39-18-23-42-20-8-26-47-28-42/h3-6,9-15,17,33H,2,7-8,16,18-28H2,1H3,(H,39,46)(H,40,45). The fourth-order valence-electron chi connectivity index (χ4n) is 6.13. The van der Waals surface area contributed by atoms with Gasteiger partial charge in [-0.25, -0.2) is 4.98 Å². The number of hydrogen-bond acceptors (Lipinski definition) is 9. The van der Waals surface area contributed by atoms with Gasteiger partial charge in [0.25, 0.3) is 11.8 Å². The molecule has 2 fully saturated rings. The lowest BCUT2D eigenvalue weighted by Gasteiger charge is -2.26. The molecule has 2 aromatic carbocycles. The van der Waals surface area contributed by atoms with Crippen LogP contribution < -0.4 is 20.3 Å². The van der Waals surface area contributed by atoms with Crippen molar-refractivity contribution in [2.75, 3.05) is 77.2 Å². The third-order valence-corrected chi connectivity index (χ3v) is 8.75. The lowest BCUT2D eigenvalue weighted by Crippen LogP contribution is -2.50. The van der Waals surface area contributed by atoms with E-state index in [9.17, 15) is 14.4 Å². The van der Waals surface area contributed by atoms with Gasteiger partial charge >= 0.3 is 0 Å². The van der Waals surface area contributed by atoms with Crippen LogP contribution in [-0.2, 0) is 27.2 Å². The van der Waals surface area contributed by atoms with E-state index in [2.05, 4.69) is 42.5 Å². The summed E-state index contributed by atoms with van der Waals surface area (Å²) in [5.41, 5.74) is 2.50. The lowest BCUT2D eigenvalue weighted by atomic mass is 10.0. The van der Waals surface area contributed by atoms with Crippen molar-refractivity contribution in [1.82, 2.24) is 25.4 Å². The number of Topliss-reactive ketones (excluding diaryl/α,β-unsaturated/α-hetero) is 1. The number of hydrogen-bond donors (Lipinski definition) is 2. The van der Waals surface area contributed by atoms with E-state index in [0.29, 0.717) is 37.8 Å². The Labute approximate surface area is 283 Å². The summed E-state index contributed by atoms with van der Waals surface area (Å²) in [5, 5.41) is 5.63. The summed E-state index contributed by atoms with van der Waals surface area (Å²) in [7, 11) is 0. The predicted molar refractivity (Wildman–Crippen MR) is 185 cm³/mol. The Bertz CT molecular complexity index is 1460. The first kappa shape index (κ1) is 35.0. The van der Waals surface area contributed by atoms with Crippen molar-refractivity contribution in [3.63, 3.8) is 0 Å². The van der Waals surface area contributed by atoms with Crippen LogP contribution in [-0.4, -0.2) is 111 Å². The monoisotopic (exact) mass is 656 g/mol. The number of nitrogens with one attached hydrogen (secondary N) is 2. The first-order valence-corrected chi connectivity index (χ1v) is 17.1. The Balaban J connectivity index is 1.20. The summed E-state index contributed by atoms with van der Waals surface area (Å²) in [4.78, 5) is 51.6. The van der Waals surface area contributed by atoms with Crippen LogP contribution in [0, 0.1) is 0 Å². The predicted octanol–water partition coefficient (Wildman–Crippen LogP) is 2.94. The number of carbonyl (C=O) groups is 3. The molecule has 2 aliphatic rings. The molecule has 1 unspecified atom stereocenters. The van der Waals surface area contributed by atoms with Crippen molar-refractivity contribution in [3.05, 3.63) is 89.6 Å². The number of pyridine rings is 1. The van der Waals surface area contributed by atoms with Gasteiger partial charge in [-0.2, -0.15) is 0 Å². The van der Waals surface area contributed by atoms with E-state index in [1.165, 1.54) is 5.56 Å². The van der Waals surface area contributed by atoms with Gasteiger partial charge in [-0.05, 0) is 68.1 Å². The van der Waals surface area contributed by atoms with Crippen LogP contribution in [0.3, 0.4) is 0 Å². The number of nitrogens with zero attached hydrogens (tertiary/aromatic N) is 4. The van der Waals surface area contributed by atoms with Crippen molar-refractivity contribution in [2.24, 2.45) is 0 Å². The smallest absolute Gasteiger partial charge is 0.289 e. The summed E-state index contributed by atoms with van der Waals surface area (Å²) in [5.74, 6) is -0.339. The van der Waals surface area contributed by atoms with E-state index in [4.69, 9.17) is 9.47 Å². The van der Waals surface area contributed by atoms with E-state index in [0.717, 1.165) is 76.5 Å². The second kappa shape index (κ2) is 18.3. The van der Waals surface area contributed by atoms with Gasteiger partial charge < -0.3 is 29.9 Å². The molecule has 11 nitrogen and oxygen atoms in total. The molecular formula is C37H48N6O5. The molecule has 0 bridgehead atoms. The molecule has 2 amide bonds. The van der Waals surface area contributed by atoms with E-state index < -0.39 is 23.6 Å². The van der Waals surface area contributed by atoms with Gasteiger partial charge in [-0.15, -0.1) is 0 Å². The largest absolute Gasteiger partial charge is 0.494 e. The third-order valence-electron chi connectivity index (χ3n) is 8.75. The molecule has 48 heavy (non-hydrogen) atoms. The number of anilines is 1. The first-order chi connectivity index (χ1) is 23.5. The van der Waals surface area contributed by atoms with Gasteiger partial charge in [0.05, 0.1) is 18.9 Å². The molecule has 2 aliphatic heterocycles. The number of aromatic nitrogens is 1. The second-order valence-corrected chi connectivity index (χ2v) is 12.2. The van der Waals surface area contributed by atoms with Gasteiger partial charge in [-0.1, -0.05) is 42.5 Å². The number of rotatable bonds is 15. The topological polar surface area (TPSA) is 116 Å². The zero-order valence-corrected chi connectivity index (χ0v) is 27.9. The van der Waals surface area contributed by atoms with Gasteiger partial charge in [-0.3, -0.25) is 19.3 Å². The summed E-state index contributed by atoms with van der Waals surface area (Å²) < 4.78 is 11.0. The molecule has 1 atom stereocenters. The Hall–Kier alpha value is -4.32. The van der Waals surface area contributed by atoms with Crippen molar-refractivity contribution < 1.29 is 23.9 Å². The number of ether oxygens (including phenoxy) is 2. The average Bonchev–Trinajstić information content (AvgIpc) is 3.37. The fourth-order valence-corrected chi connectivity index (χ4v) is 6.13. The number of benzene rings is 2. The highest BCUT2D eigenvalue weighted by atomic mass is 16.5. The maximum Gasteiger partial charge on any atom is 0.289 e. The summed E-state index contributed by atoms with van der Waals surface area (Å²) in [6.45, 7) is 9.90. The van der Waals surface area contributed by atoms with Crippen LogP contribution in [0.15, 0.2) is 72.9 Å². The van der Waals surface area contributed by atoms with Crippen molar-refractivity contribution in [1.29, 1.82) is 0 Å². The zero-order chi connectivity index (χ0) is 33.6. The van der Waals surface area contributed by atoms with Gasteiger partial charge in [0.15, 0.2) is 0 Å². The Morgan fingerprint density at radius 3 is 2.46 bits per heavy atom.